The summed E-state index contributed by atoms with van der Waals surface area (Å²) in [6.45, 7) is 5.01. The summed E-state index contributed by atoms with van der Waals surface area (Å²) < 4.78 is 5.41. The van der Waals surface area contributed by atoms with Crippen LogP contribution in [-0.2, 0) is 0 Å². The van der Waals surface area contributed by atoms with Crippen molar-refractivity contribution in [3.05, 3.63) is 35.0 Å². The summed E-state index contributed by atoms with van der Waals surface area (Å²) in [4.78, 5) is 0. The van der Waals surface area contributed by atoms with Crippen molar-refractivity contribution in [1.29, 1.82) is 0 Å². The van der Waals surface area contributed by atoms with Gasteiger partial charge in [0, 0.05) is 11.5 Å². The third-order valence-electron chi connectivity index (χ3n) is 3.00. The second-order valence-corrected chi connectivity index (χ2v) is 4.81. The van der Waals surface area contributed by atoms with E-state index in [2.05, 4.69) is 19.9 Å². The maximum absolute atomic E-state index is 5.82. The molecule has 2 aromatic rings. The van der Waals surface area contributed by atoms with Crippen LogP contribution in [-0.4, -0.2) is 6.54 Å². The zero-order chi connectivity index (χ0) is 11.7. The van der Waals surface area contributed by atoms with Gasteiger partial charge in [-0.15, -0.1) is 0 Å². The maximum atomic E-state index is 5.82. The van der Waals surface area contributed by atoms with E-state index < -0.39 is 0 Å². The Morgan fingerprint density at radius 1 is 1.31 bits per heavy atom. The average Bonchev–Trinajstić information content (AvgIpc) is 2.57. The Balaban J connectivity index is 2.44. The molecular formula is C13H16ClNO. The van der Waals surface area contributed by atoms with E-state index in [9.17, 15) is 0 Å². The lowest BCUT2D eigenvalue weighted by molar-refractivity contribution is 0.506. The normalized spacial score (nSPS) is 13.6. The van der Waals surface area contributed by atoms with Crippen LogP contribution in [0.25, 0.3) is 11.0 Å². The molecule has 1 atom stereocenters. The number of rotatable bonds is 3. The van der Waals surface area contributed by atoms with Gasteiger partial charge in [0.15, 0.2) is 5.22 Å². The molecule has 1 aromatic carbocycles. The Labute approximate surface area is 100 Å². The van der Waals surface area contributed by atoms with Crippen LogP contribution >= 0.6 is 11.6 Å². The van der Waals surface area contributed by atoms with E-state index in [1.54, 1.807) is 0 Å². The van der Waals surface area contributed by atoms with Crippen LogP contribution in [0.15, 0.2) is 28.7 Å². The van der Waals surface area contributed by atoms with Gasteiger partial charge in [0.05, 0.1) is 0 Å². The van der Waals surface area contributed by atoms with E-state index in [4.69, 9.17) is 21.8 Å². The van der Waals surface area contributed by atoms with Crippen LogP contribution in [0.5, 0.6) is 0 Å². The number of fused-ring (bicyclic) bond motifs is 1. The van der Waals surface area contributed by atoms with Crippen LogP contribution < -0.4 is 5.73 Å². The number of benzene rings is 1. The molecule has 2 nitrogen and oxygen atoms in total. The quantitative estimate of drug-likeness (QED) is 0.882. The first-order chi connectivity index (χ1) is 7.61. The zero-order valence-corrected chi connectivity index (χ0v) is 10.3. The van der Waals surface area contributed by atoms with E-state index in [0.29, 0.717) is 23.6 Å². The van der Waals surface area contributed by atoms with Crippen molar-refractivity contribution in [3.63, 3.8) is 0 Å². The van der Waals surface area contributed by atoms with Gasteiger partial charge in [0.1, 0.15) is 5.58 Å². The van der Waals surface area contributed by atoms with E-state index >= 15 is 0 Å². The highest BCUT2D eigenvalue weighted by Gasteiger charge is 2.15. The van der Waals surface area contributed by atoms with Gasteiger partial charge in [0.2, 0.25) is 0 Å². The Kier molecular flexibility index (Phi) is 3.22. The fourth-order valence-corrected chi connectivity index (χ4v) is 2.24. The van der Waals surface area contributed by atoms with Crippen LogP contribution in [0.3, 0.4) is 0 Å². The molecule has 0 amide bonds. The van der Waals surface area contributed by atoms with E-state index in [0.717, 1.165) is 11.0 Å². The highest BCUT2D eigenvalue weighted by molar-refractivity contribution is 6.29. The van der Waals surface area contributed by atoms with Crippen LogP contribution in [0.4, 0.5) is 0 Å². The largest absolute Gasteiger partial charge is 0.445 e. The van der Waals surface area contributed by atoms with Gasteiger partial charge in [-0.1, -0.05) is 26.0 Å². The summed E-state index contributed by atoms with van der Waals surface area (Å²) in [6, 6.07) is 8.00. The molecule has 1 heterocycles. The molecular weight excluding hydrogens is 222 g/mol. The number of hydrogen-bond donors (Lipinski definition) is 1. The minimum Gasteiger partial charge on any atom is -0.445 e. The minimum absolute atomic E-state index is 0.369. The average molecular weight is 238 g/mol. The lowest BCUT2D eigenvalue weighted by Crippen LogP contribution is -2.17. The minimum atomic E-state index is 0.369. The van der Waals surface area contributed by atoms with Gasteiger partial charge in [-0.25, -0.2) is 0 Å². The summed E-state index contributed by atoms with van der Waals surface area (Å²) in [5, 5.41) is 1.47. The molecule has 1 unspecified atom stereocenters. The number of hydrogen-bond acceptors (Lipinski definition) is 2. The Bertz CT molecular complexity index is 490. The van der Waals surface area contributed by atoms with Gasteiger partial charge in [-0.05, 0) is 41.6 Å². The molecule has 0 fully saturated rings. The summed E-state index contributed by atoms with van der Waals surface area (Å²) in [5.74, 6) is 0.890. The van der Waals surface area contributed by atoms with Crippen molar-refractivity contribution < 1.29 is 4.42 Å². The van der Waals surface area contributed by atoms with Crippen molar-refractivity contribution >= 4 is 22.6 Å². The molecule has 2 N–H and O–H groups in total. The van der Waals surface area contributed by atoms with Crippen LogP contribution in [0.1, 0.15) is 25.3 Å². The first kappa shape index (κ1) is 11.5. The predicted molar refractivity (Wildman–Crippen MR) is 67.9 cm³/mol. The van der Waals surface area contributed by atoms with E-state index in [-0.39, 0.29) is 0 Å². The molecule has 3 heteroatoms. The topological polar surface area (TPSA) is 39.2 Å². The van der Waals surface area contributed by atoms with Crippen LogP contribution in [0.2, 0.25) is 5.22 Å². The number of nitrogens with two attached hydrogens (primary N) is 1. The summed E-state index contributed by atoms with van der Waals surface area (Å²) in [7, 11) is 0. The van der Waals surface area contributed by atoms with Crippen molar-refractivity contribution in [2.24, 2.45) is 11.7 Å². The van der Waals surface area contributed by atoms with Crippen LogP contribution in [0, 0.1) is 5.92 Å². The lowest BCUT2D eigenvalue weighted by atomic mass is 9.88. The van der Waals surface area contributed by atoms with Crippen molar-refractivity contribution in [1.82, 2.24) is 0 Å². The highest BCUT2D eigenvalue weighted by atomic mass is 35.5. The highest BCUT2D eigenvalue weighted by Crippen LogP contribution is 2.29. The van der Waals surface area contributed by atoms with Gasteiger partial charge < -0.3 is 10.2 Å². The third kappa shape index (κ3) is 2.08. The van der Waals surface area contributed by atoms with Crippen molar-refractivity contribution in [2.45, 2.75) is 19.8 Å². The molecule has 0 bridgehead atoms. The number of furan rings is 1. The van der Waals surface area contributed by atoms with Gasteiger partial charge >= 0.3 is 0 Å². The second kappa shape index (κ2) is 4.48. The van der Waals surface area contributed by atoms with E-state index in [1.165, 1.54) is 5.56 Å². The Morgan fingerprint density at radius 2 is 2.06 bits per heavy atom. The molecule has 0 aliphatic carbocycles. The van der Waals surface area contributed by atoms with Gasteiger partial charge in [0.25, 0.3) is 0 Å². The smallest absolute Gasteiger partial charge is 0.194 e. The monoisotopic (exact) mass is 237 g/mol. The van der Waals surface area contributed by atoms with Crippen molar-refractivity contribution in [3.8, 4) is 0 Å². The molecule has 16 heavy (non-hydrogen) atoms. The maximum Gasteiger partial charge on any atom is 0.194 e. The molecule has 0 saturated carbocycles. The van der Waals surface area contributed by atoms with Gasteiger partial charge in [-0.3, -0.25) is 0 Å². The molecule has 86 valence electrons. The molecule has 0 aliphatic heterocycles. The molecule has 0 saturated heterocycles. The molecule has 2 rings (SSSR count). The van der Waals surface area contributed by atoms with E-state index in [1.807, 2.05) is 18.2 Å². The molecule has 0 radical (unpaired) electrons. The zero-order valence-electron chi connectivity index (χ0n) is 9.53. The first-order valence-electron chi connectivity index (χ1n) is 5.51. The Hall–Kier alpha value is -0.990. The lowest BCUT2D eigenvalue weighted by Gasteiger charge is -2.18. The molecule has 0 aliphatic rings. The molecule has 0 spiro atoms. The SMILES string of the molecule is CC(C)C(CN)c1ccc2cc(Cl)oc2c1. The van der Waals surface area contributed by atoms with Gasteiger partial charge in [-0.2, -0.15) is 0 Å². The number of halogens is 1. The fourth-order valence-electron chi connectivity index (χ4n) is 2.04. The fraction of sp³-hybridized carbons (Fsp3) is 0.385. The standard InChI is InChI=1S/C13H16ClNO/c1-8(2)11(7-15)9-3-4-10-6-13(14)16-12(10)5-9/h3-6,8,11H,7,15H2,1-2H3. The predicted octanol–water partition coefficient (Wildman–Crippen LogP) is 3.78. The second-order valence-electron chi connectivity index (χ2n) is 4.43. The summed E-state index contributed by atoms with van der Waals surface area (Å²) >= 11 is 5.82. The Morgan fingerprint density at radius 3 is 2.69 bits per heavy atom. The van der Waals surface area contributed by atoms with Crippen molar-refractivity contribution in [2.75, 3.05) is 6.54 Å². The summed E-state index contributed by atoms with van der Waals surface area (Å²) in [6.07, 6.45) is 0. The summed E-state index contributed by atoms with van der Waals surface area (Å²) in [5.41, 5.74) is 7.85. The third-order valence-corrected chi connectivity index (χ3v) is 3.19. The first-order valence-corrected chi connectivity index (χ1v) is 5.88. The molecule has 1 aromatic heterocycles.